The average Bonchev–Trinajstić information content (AvgIpc) is 3.53. The molecule has 1 unspecified atom stereocenters. The minimum atomic E-state index is -0.117. The van der Waals surface area contributed by atoms with Gasteiger partial charge < -0.3 is 9.88 Å². The van der Waals surface area contributed by atoms with E-state index in [0.717, 1.165) is 60.8 Å². The van der Waals surface area contributed by atoms with E-state index < -0.39 is 0 Å². The van der Waals surface area contributed by atoms with Crippen LogP contribution in [-0.4, -0.2) is 26.4 Å². The molecule has 0 fully saturated rings. The summed E-state index contributed by atoms with van der Waals surface area (Å²) in [5.74, 6) is 1.56. The van der Waals surface area contributed by atoms with Crippen molar-refractivity contribution in [2.45, 2.75) is 78.4 Å². The molecule has 6 nitrogen and oxygen atoms in total. The number of aromatic nitrogens is 3. The molecule has 35 heavy (non-hydrogen) atoms. The largest absolute Gasteiger partial charge is 0.316 e. The average molecular weight is 528 g/mol. The van der Waals surface area contributed by atoms with E-state index in [-0.39, 0.29) is 17.1 Å². The number of thioether (sulfide) groups is 1. The summed E-state index contributed by atoms with van der Waals surface area (Å²) >= 11 is 4.71. The van der Waals surface area contributed by atoms with Crippen LogP contribution in [0, 0.1) is 22.7 Å². The van der Waals surface area contributed by atoms with Gasteiger partial charge in [-0.1, -0.05) is 46.4 Å². The van der Waals surface area contributed by atoms with Crippen LogP contribution in [0.2, 0.25) is 0 Å². The van der Waals surface area contributed by atoms with E-state index in [1.54, 1.807) is 22.7 Å². The fourth-order valence-corrected chi connectivity index (χ4v) is 7.41. The van der Waals surface area contributed by atoms with E-state index in [4.69, 9.17) is 0 Å². The van der Waals surface area contributed by atoms with Crippen LogP contribution >= 0.6 is 34.4 Å². The van der Waals surface area contributed by atoms with Crippen molar-refractivity contribution in [3.05, 3.63) is 32.3 Å². The summed E-state index contributed by atoms with van der Waals surface area (Å²) in [5, 5.41) is 25.2. The van der Waals surface area contributed by atoms with Gasteiger partial charge >= 0.3 is 0 Å². The first-order valence-corrected chi connectivity index (χ1v) is 14.9. The Hall–Kier alpha value is -2.15. The molecule has 1 atom stereocenters. The van der Waals surface area contributed by atoms with Gasteiger partial charge in [-0.05, 0) is 55.1 Å². The Morgan fingerprint density at radius 2 is 2.14 bits per heavy atom. The smallest absolute Gasteiger partial charge is 0.235 e. The Morgan fingerprint density at radius 3 is 2.80 bits per heavy atom. The molecule has 1 aliphatic rings. The van der Waals surface area contributed by atoms with Crippen LogP contribution < -0.4 is 5.32 Å². The number of aryl methyl sites for hydroxylation is 1. The zero-order chi connectivity index (χ0) is 25.2. The molecule has 3 heterocycles. The van der Waals surface area contributed by atoms with Crippen LogP contribution in [0.5, 0.6) is 0 Å². The number of anilines is 1. The third-order valence-corrected chi connectivity index (χ3v) is 9.83. The molecule has 3 aromatic rings. The number of amides is 1. The van der Waals surface area contributed by atoms with Gasteiger partial charge in [0, 0.05) is 27.2 Å². The summed E-state index contributed by atoms with van der Waals surface area (Å²) in [5.41, 5.74) is 3.11. The van der Waals surface area contributed by atoms with E-state index in [0.29, 0.717) is 16.5 Å². The SMILES string of the molecule is CCCn1c(SCC(=O)Nc2sc3c(c2C#N)CCC(C(C)(C)C)C3)nnc1-c1csc(CC)c1. The number of hydrogen-bond donors (Lipinski definition) is 1. The monoisotopic (exact) mass is 527 g/mol. The van der Waals surface area contributed by atoms with Crippen molar-refractivity contribution in [3.8, 4) is 17.5 Å². The topological polar surface area (TPSA) is 83.6 Å². The molecule has 4 rings (SSSR count). The summed E-state index contributed by atoms with van der Waals surface area (Å²) in [6.45, 7) is 11.9. The molecule has 0 spiro atoms. The third kappa shape index (κ3) is 5.65. The highest BCUT2D eigenvalue weighted by molar-refractivity contribution is 7.99. The second-order valence-electron chi connectivity index (χ2n) is 10.1. The van der Waals surface area contributed by atoms with Crippen molar-refractivity contribution < 1.29 is 4.79 Å². The van der Waals surface area contributed by atoms with Gasteiger partial charge in [0.1, 0.15) is 11.1 Å². The Balaban J connectivity index is 1.46. The van der Waals surface area contributed by atoms with Gasteiger partial charge in [0.15, 0.2) is 11.0 Å². The Labute approximate surface area is 220 Å². The zero-order valence-electron chi connectivity index (χ0n) is 21.1. The molecule has 0 bridgehead atoms. The molecule has 186 valence electrons. The molecular weight excluding hydrogens is 495 g/mol. The van der Waals surface area contributed by atoms with Gasteiger partial charge in [-0.15, -0.1) is 32.9 Å². The highest BCUT2D eigenvalue weighted by Gasteiger charge is 2.32. The van der Waals surface area contributed by atoms with Gasteiger partial charge in [-0.3, -0.25) is 4.79 Å². The molecule has 0 radical (unpaired) electrons. The number of hydrogen-bond acceptors (Lipinski definition) is 7. The summed E-state index contributed by atoms with van der Waals surface area (Å²) in [7, 11) is 0. The maximum absolute atomic E-state index is 12.9. The van der Waals surface area contributed by atoms with Crippen LogP contribution in [0.15, 0.2) is 16.6 Å². The Morgan fingerprint density at radius 1 is 1.34 bits per heavy atom. The Bertz CT molecular complexity index is 1240. The number of nitrogens with one attached hydrogen (secondary N) is 1. The van der Waals surface area contributed by atoms with E-state index in [1.165, 1.54) is 21.5 Å². The molecule has 0 aromatic carbocycles. The van der Waals surface area contributed by atoms with Crippen LogP contribution in [0.4, 0.5) is 5.00 Å². The minimum absolute atomic E-state index is 0.117. The second kappa shape index (κ2) is 10.9. The lowest BCUT2D eigenvalue weighted by atomic mass is 9.72. The van der Waals surface area contributed by atoms with Crippen molar-refractivity contribution in [1.82, 2.24) is 14.8 Å². The van der Waals surface area contributed by atoms with Crippen LogP contribution in [0.3, 0.4) is 0 Å². The molecule has 3 aromatic heterocycles. The van der Waals surface area contributed by atoms with Crippen molar-refractivity contribution in [3.63, 3.8) is 0 Å². The van der Waals surface area contributed by atoms with Gasteiger partial charge in [0.2, 0.25) is 5.91 Å². The van der Waals surface area contributed by atoms with Crippen molar-refractivity contribution in [2.75, 3.05) is 11.1 Å². The Kier molecular flexibility index (Phi) is 8.04. The first kappa shape index (κ1) is 25.9. The highest BCUT2D eigenvalue weighted by atomic mass is 32.2. The predicted octanol–water partition coefficient (Wildman–Crippen LogP) is 6.79. The first-order valence-electron chi connectivity index (χ1n) is 12.2. The summed E-state index contributed by atoms with van der Waals surface area (Å²) in [4.78, 5) is 15.5. The molecule has 1 aliphatic carbocycles. The predicted molar refractivity (Wildman–Crippen MR) is 146 cm³/mol. The maximum Gasteiger partial charge on any atom is 0.235 e. The molecule has 9 heteroatoms. The van der Waals surface area contributed by atoms with Gasteiger partial charge in [0.25, 0.3) is 0 Å². The molecule has 0 saturated heterocycles. The normalized spacial score (nSPS) is 15.6. The van der Waals surface area contributed by atoms with E-state index in [1.807, 2.05) is 0 Å². The molecule has 1 N–H and O–H groups in total. The lowest BCUT2D eigenvalue weighted by Crippen LogP contribution is -2.26. The van der Waals surface area contributed by atoms with Crippen molar-refractivity contribution in [2.24, 2.45) is 11.3 Å². The molecule has 1 amide bonds. The zero-order valence-corrected chi connectivity index (χ0v) is 23.6. The number of carbonyl (C=O) groups is 1. The quantitative estimate of drug-likeness (QED) is 0.326. The fourth-order valence-electron chi connectivity index (χ4n) is 4.54. The molecule has 0 aliphatic heterocycles. The maximum atomic E-state index is 12.9. The van der Waals surface area contributed by atoms with E-state index >= 15 is 0 Å². The van der Waals surface area contributed by atoms with Crippen molar-refractivity contribution in [1.29, 1.82) is 5.26 Å². The summed E-state index contributed by atoms with van der Waals surface area (Å²) in [6.07, 6.45) is 4.93. The van der Waals surface area contributed by atoms with E-state index in [2.05, 4.69) is 72.2 Å². The minimum Gasteiger partial charge on any atom is -0.316 e. The van der Waals surface area contributed by atoms with Gasteiger partial charge in [-0.25, -0.2) is 0 Å². The number of nitrogens with zero attached hydrogens (tertiary/aromatic N) is 4. The standard InChI is InChI=1S/C26H33N5OS3/c1-6-10-31-23(16-11-18(7-2)33-14-16)29-30-25(31)34-15-22(32)28-24-20(13-27)19-9-8-17(26(3,4)5)12-21(19)35-24/h11,14,17H,6-10,12,15H2,1-5H3,(H,28,32). The van der Waals surface area contributed by atoms with Crippen LogP contribution in [-0.2, 0) is 30.6 Å². The number of carbonyl (C=O) groups excluding carboxylic acids is 1. The van der Waals surface area contributed by atoms with E-state index in [9.17, 15) is 10.1 Å². The lowest BCUT2D eigenvalue weighted by molar-refractivity contribution is -0.113. The number of rotatable bonds is 8. The fraction of sp³-hybridized carbons (Fsp3) is 0.538. The highest BCUT2D eigenvalue weighted by Crippen LogP contribution is 2.44. The number of nitriles is 1. The summed E-state index contributed by atoms with van der Waals surface area (Å²) < 4.78 is 2.11. The van der Waals surface area contributed by atoms with Crippen molar-refractivity contribution >= 4 is 45.3 Å². The third-order valence-electron chi connectivity index (χ3n) is 6.61. The lowest BCUT2D eigenvalue weighted by Gasteiger charge is -2.33. The first-order chi connectivity index (χ1) is 16.7. The van der Waals surface area contributed by atoms with Crippen LogP contribution in [0.1, 0.15) is 68.3 Å². The van der Waals surface area contributed by atoms with Crippen LogP contribution in [0.25, 0.3) is 11.4 Å². The number of fused-ring (bicyclic) bond motifs is 1. The number of thiophene rings is 2. The second-order valence-corrected chi connectivity index (χ2v) is 13.1. The van der Waals surface area contributed by atoms with Gasteiger partial charge in [0.05, 0.1) is 11.3 Å². The molecular formula is C26H33N5OS3. The summed E-state index contributed by atoms with van der Waals surface area (Å²) in [6, 6.07) is 4.53. The van der Waals surface area contributed by atoms with Gasteiger partial charge in [-0.2, -0.15) is 5.26 Å². The molecule has 0 saturated carbocycles.